The Morgan fingerprint density at radius 2 is 1.53 bits per heavy atom. The zero-order valence-corrected chi connectivity index (χ0v) is 47.2. The minimum atomic E-state index is -1.68. The standard InChI is InChI=1S/C56H87N7O13/c1-14-35(10)45-43(64)30-44(65)76-47(33(6)7)50(68)57-39(27-31(2)3)52(70)61-24-15-17-40(61)53(71)60(12)42(29-37-18-20-38(74-13)21-19-37)54(72)75-36(11)46(49(67)58-45)59-48(66)41(28-32(4)5)62-26-23-56(55(62)73)22-16-25-63(56)51(69)34(8)9/h18-21,31-36,39-43,45-47,64H,14-17,22-30H2,1-13H3,(H,57,68)(H,58,67)(H,59,66)/t35-,36+,39-,40-,41+,42-,43-,45-,46-,47-,56+/m0/s1. The van der Waals surface area contributed by atoms with Crippen LogP contribution in [0.25, 0.3) is 0 Å². The molecule has 4 saturated heterocycles. The van der Waals surface area contributed by atoms with E-state index in [1.54, 1.807) is 63.8 Å². The van der Waals surface area contributed by atoms with Crippen LogP contribution in [0, 0.1) is 29.6 Å². The smallest absolute Gasteiger partial charge is 0.329 e. The van der Waals surface area contributed by atoms with Crippen molar-refractivity contribution in [3.05, 3.63) is 29.8 Å². The van der Waals surface area contributed by atoms with E-state index in [9.17, 15) is 38.7 Å². The molecule has 4 aliphatic heterocycles. The van der Waals surface area contributed by atoms with Crippen molar-refractivity contribution in [2.75, 3.05) is 33.8 Å². The Hall–Kier alpha value is -5.79. The van der Waals surface area contributed by atoms with Gasteiger partial charge >= 0.3 is 11.9 Å². The van der Waals surface area contributed by atoms with Crippen molar-refractivity contribution in [3.63, 3.8) is 0 Å². The number of aliphatic hydroxyl groups is 1. The second-order valence-electron chi connectivity index (χ2n) is 23.0. The second kappa shape index (κ2) is 26.5. The van der Waals surface area contributed by atoms with Gasteiger partial charge in [0.2, 0.25) is 35.4 Å². The lowest BCUT2D eigenvalue weighted by molar-refractivity contribution is -0.162. The van der Waals surface area contributed by atoms with E-state index in [0.717, 1.165) is 0 Å². The predicted molar refractivity (Wildman–Crippen MR) is 282 cm³/mol. The summed E-state index contributed by atoms with van der Waals surface area (Å²) >= 11 is 0. The Labute approximate surface area is 449 Å². The van der Waals surface area contributed by atoms with Crippen LogP contribution >= 0.6 is 0 Å². The third-order valence-corrected chi connectivity index (χ3v) is 15.7. The molecular weight excluding hydrogens is 979 g/mol. The lowest BCUT2D eigenvalue weighted by Crippen LogP contribution is -2.62. The van der Waals surface area contributed by atoms with Crippen LogP contribution in [0.3, 0.4) is 0 Å². The maximum Gasteiger partial charge on any atom is 0.329 e. The van der Waals surface area contributed by atoms with Gasteiger partial charge in [-0.3, -0.25) is 38.4 Å². The SMILES string of the molecule is CC[C@H](C)[C@@H]1NC(=O)[C@@H](NC(=O)[C@@H](CC(C)C)N2CC[C@]3(CCCN3C(=O)C(C)C)C2=O)[C@@H](C)OC(=O)[C@H](Cc2ccc(OC)cc2)N(C)C(=O)[C@@H]2CCCN2C(=O)[C@H](CC(C)C)NC(=O)[C@H](C(C)C)OC(=O)C[C@@H]1O. The molecule has 0 bridgehead atoms. The molecule has 5 rings (SSSR count). The first-order valence-electron chi connectivity index (χ1n) is 27.6. The molecule has 0 radical (unpaired) electrons. The van der Waals surface area contributed by atoms with Gasteiger partial charge in [-0.15, -0.1) is 0 Å². The predicted octanol–water partition coefficient (Wildman–Crippen LogP) is 3.53. The van der Waals surface area contributed by atoms with Crippen LogP contribution in [-0.2, 0) is 59.0 Å². The van der Waals surface area contributed by atoms with Gasteiger partial charge in [0.15, 0.2) is 6.10 Å². The van der Waals surface area contributed by atoms with Gasteiger partial charge in [0.05, 0.1) is 25.7 Å². The molecule has 4 aliphatic rings. The zero-order chi connectivity index (χ0) is 56.5. The van der Waals surface area contributed by atoms with Gasteiger partial charge in [-0.1, -0.05) is 87.8 Å². The van der Waals surface area contributed by atoms with Crippen LogP contribution < -0.4 is 20.7 Å². The number of carbonyl (C=O) groups excluding carboxylic acids is 9. The molecule has 0 unspecified atom stereocenters. The van der Waals surface area contributed by atoms with Gasteiger partial charge in [-0.05, 0) is 93.2 Å². The maximum absolute atomic E-state index is 15.0. The van der Waals surface area contributed by atoms with Gasteiger partial charge in [0.25, 0.3) is 5.91 Å². The topological polar surface area (TPSA) is 251 Å². The summed E-state index contributed by atoms with van der Waals surface area (Å²) < 4.78 is 17.3. The van der Waals surface area contributed by atoms with Crippen LogP contribution in [0.1, 0.15) is 140 Å². The number of aliphatic hydroxyl groups excluding tert-OH is 1. The number of hydrogen-bond donors (Lipinski definition) is 4. The van der Waals surface area contributed by atoms with Gasteiger partial charge < -0.3 is 54.9 Å². The Morgan fingerprint density at radius 3 is 2.12 bits per heavy atom. The van der Waals surface area contributed by atoms with Crippen LogP contribution in [0.5, 0.6) is 5.75 Å². The van der Waals surface area contributed by atoms with Gasteiger partial charge in [0, 0.05) is 39.0 Å². The summed E-state index contributed by atoms with van der Waals surface area (Å²) in [7, 11) is 2.95. The molecule has 0 aliphatic carbocycles. The molecule has 20 nitrogen and oxygen atoms in total. The third kappa shape index (κ3) is 14.2. The highest BCUT2D eigenvalue weighted by molar-refractivity contribution is 5.99. The molecule has 76 heavy (non-hydrogen) atoms. The summed E-state index contributed by atoms with van der Waals surface area (Å²) in [5.74, 6) is -6.95. The number of carbonyl (C=O) groups is 9. The summed E-state index contributed by atoms with van der Waals surface area (Å²) in [5.41, 5.74) is -0.501. The van der Waals surface area contributed by atoms with Crippen molar-refractivity contribution in [1.82, 2.24) is 35.6 Å². The highest BCUT2D eigenvalue weighted by Crippen LogP contribution is 2.41. The van der Waals surface area contributed by atoms with Crippen molar-refractivity contribution < 1.29 is 62.5 Å². The molecule has 4 fully saturated rings. The molecule has 1 spiro atoms. The fourth-order valence-electron chi connectivity index (χ4n) is 11.2. The van der Waals surface area contributed by atoms with Gasteiger partial charge in [-0.2, -0.15) is 0 Å². The second-order valence-corrected chi connectivity index (χ2v) is 23.0. The number of methoxy groups -OCH3 is 1. The molecule has 7 amide bonds. The molecule has 424 valence electrons. The summed E-state index contributed by atoms with van der Waals surface area (Å²) in [6.07, 6.45) is -2.34. The minimum Gasteiger partial charge on any atom is -0.497 e. The van der Waals surface area contributed by atoms with Crippen LogP contribution in [0.4, 0.5) is 0 Å². The molecule has 1 aromatic rings. The molecule has 11 atom stereocenters. The lowest BCUT2D eigenvalue weighted by atomic mass is 9.92. The number of amides is 7. The number of nitrogens with zero attached hydrogens (tertiary/aromatic N) is 4. The third-order valence-electron chi connectivity index (χ3n) is 15.7. The molecule has 1 aromatic carbocycles. The quantitative estimate of drug-likeness (QED) is 0.195. The first-order valence-corrected chi connectivity index (χ1v) is 27.6. The molecule has 20 heteroatoms. The van der Waals surface area contributed by atoms with E-state index in [0.29, 0.717) is 50.0 Å². The first-order chi connectivity index (χ1) is 35.8. The Bertz CT molecular complexity index is 2260. The number of ether oxygens (including phenoxy) is 3. The lowest BCUT2D eigenvalue weighted by Gasteiger charge is -2.37. The number of likely N-dealkylation sites (N-methyl/N-ethyl adjacent to an activating group) is 1. The van der Waals surface area contributed by atoms with Crippen molar-refractivity contribution in [2.45, 2.75) is 200 Å². The first kappa shape index (κ1) is 61.1. The number of nitrogens with one attached hydrogen (secondary N) is 3. The van der Waals surface area contributed by atoms with Crippen molar-refractivity contribution in [1.29, 1.82) is 0 Å². The number of esters is 2. The highest BCUT2D eigenvalue weighted by Gasteiger charge is 2.57. The minimum absolute atomic E-state index is 0.0772. The number of likely N-dealkylation sites (tertiary alicyclic amines) is 2. The maximum atomic E-state index is 15.0. The van der Waals surface area contributed by atoms with E-state index < -0.39 is 120 Å². The van der Waals surface area contributed by atoms with Crippen molar-refractivity contribution in [2.24, 2.45) is 29.6 Å². The van der Waals surface area contributed by atoms with Crippen molar-refractivity contribution >= 4 is 53.3 Å². The van der Waals surface area contributed by atoms with Crippen LogP contribution in [-0.4, -0.2) is 172 Å². The molecule has 0 saturated carbocycles. The molecule has 4 heterocycles. The summed E-state index contributed by atoms with van der Waals surface area (Å²) in [6, 6.07) is -0.584. The average Bonchev–Trinajstić information content (AvgIpc) is 4.12. The van der Waals surface area contributed by atoms with E-state index >= 15 is 9.59 Å². The summed E-state index contributed by atoms with van der Waals surface area (Å²) in [4.78, 5) is 136. The number of hydrogen-bond acceptors (Lipinski definition) is 13. The number of rotatable bonds is 14. The fourth-order valence-corrected chi connectivity index (χ4v) is 11.2. The van der Waals surface area contributed by atoms with E-state index in [1.807, 2.05) is 34.6 Å². The van der Waals surface area contributed by atoms with Gasteiger partial charge in [0.1, 0.15) is 47.6 Å². The number of benzene rings is 1. The molecule has 0 aromatic heterocycles. The number of cyclic esters (lactones) is 2. The monoisotopic (exact) mass is 1070 g/mol. The van der Waals surface area contributed by atoms with E-state index in [1.165, 1.54) is 35.8 Å². The summed E-state index contributed by atoms with van der Waals surface area (Å²) in [6.45, 7) is 20.2. The van der Waals surface area contributed by atoms with E-state index in [-0.39, 0.29) is 68.3 Å². The molecular formula is C56H87N7O13. The summed E-state index contributed by atoms with van der Waals surface area (Å²) in [5, 5.41) is 20.3. The Morgan fingerprint density at radius 1 is 0.855 bits per heavy atom. The Kier molecular flexibility index (Phi) is 21.3. The normalized spacial score (nSPS) is 28.6. The fraction of sp³-hybridized carbons (Fsp3) is 0.732. The highest BCUT2D eigenvalue weighted by atomic mass is 16.6. The largest absolute Gasteiger partial charge is 0.497 e. The number of fused-ring (bicyclic) bond motifs is 1. The average molecular weight is 1070 g/mol. The Balaban J connectivity index is 1.61. The van der Waals surface area contributed by atoms with Crippen molar-refractivity contribution in [3.8, 4) is 5.75 Å². The van der Waals surface area contributed by atoms with Gasteiger partial charge in [-0.25, -0.2) is 4.79 Å². The van der Waals surface area contributed by atoms with E-state index in [2.05, 4.69) is 16.0 Å². The van der Waals surface area contributed by atoms with E-state index in [4.69, 9.17) is 14.2 Å². The zero-order valence-electron chi connectivity index (χ0n) is 47.2. The van der Waals surface area contributed by atoms with Crippen LogP contribution in [0.15, 0.2) is 24.3 Å². The van der Waals surface area contributed by atoms with Crippen LogP contribution in [0.2, 0.25) is 0 Å². The molecule has 4 N–H and O–H groups in total.